The van der Waals surface area contributed by atoms with Crippen LogP contribution < -0.4 is 5.32 Å². The van der Waals surface area contributed by atoms with Crippen LogP contribution in [0.15, 0.2) is 12.3 Å². The van der Waals surface area contributed by atoms with E-state index >= 15 is 0 Å². The number of pyridine rings is 1. The Morgan fingerprint density at radius 3 is 2.56 bits per heavy atom. The lowest BCUT2D eigenvalue weighted by Gasteiger charge is -2.34. The molecule has 2 heterocycles. The van der Waals surface area contributed by atoms with Crippen molar-refractivity contribution in [2.75, 3.05) is 6.54 Å². The van der Waals surface area contributed by atoms with Crippen molar-refractivity contribution in [3.63, 3.8) is 0 Å². The molecule has 1 aliphatic heterocycles. The number of hydrogen-bond acceptors (Lipinski definition) is 4. The van der Waals surface area contributed by atoms with Crippen molar-refractivity contribution in [1.29, 1.82) is 0 Å². The second-order valence-corrected chi connectivity index (χ2v) is 11.1. The molecule has 34 heavy (non-hydrogen) atoms. The van der Waals surface area contributed by atoms with Gasteiger partial charge in [0, 0.05) is 43.4 Å². The first kappa shape index (κ1) is 24.8. The molecule has 3 atom stereocenters. The van der Waals surface area contributed by atoms with Crippen molar-refractivity contribution in [2.24, 2.45) is 17.8 Å². The van der Waals surface area contributed by atoms with Gasteiger partial charge in [-0.1, -0.05) is 19.3 Å². The Morgan fingerprint density at radius 1 is 1.21 bits per heavy atom. The van der Waals surface area contributed by atoms with Crippen LogP contribution >= 0.6 is 0 Å². The number of nitrogens with zero attached hydrogens (tertiary/aromatic N) is 2. The van der Waals surface area contributed by atoms with Crippen molar-refractivity contribution >= 4 is 12.0 Å². The fraction of sp³-hybridized carbons (Fsp3) is 0.720. The minimum absolute atomic E-state index is 0.0270. The molecular formula is C25H34F3N3O3. The summed E-state index contributed by atoms with van der Waals surface area (Å²) in [6.45, 7) is 6.00. The van der Waals surface area contributed by atoms with Crippen molar-refractivity contribution in [3.8, 4) is 0 Å². The zero-order valence-corrected chi connectivity index (χ0v) is 20.1. The molecule has 188 valence electrons. The predicted molar refractivity (Wildman–Crippen MR) is 120 cm³/mol. The lowest BCUT2D eigenvalue weighted by Crippen LogP contribution is -2.42. The molecule has 9 heteroatoms. The number of hydrogen-bond donors (Lipinski definition) is 1. The molecule has 0 bridgehead atoms. The number of rotatable bonds is 4. The molecule has 1 unspecified atom stereocenters. The highest BCUT2D eigenvalue weighted by molar-refractivity contribution is 5.80. The molecule has 6 nitrogen and oxygen atoms in total. The third kappa shape index (κ3) is 5.84. The van der Waals surface area contributed by atoms with Crippen molar-refractivity contribution in [3.05, 3.63) is 29.1 Å². The third-order valence-corrected chi connectivity index (χ3v) is 7.27. The van der Waals surface area contributed by atoms with Crippen LogP contribution in [0.1, 0.15) is 76.1 Å². The standard InChI is InChI=1S/C25H34F3N3O3/c1-24(2,3)34-23(33)30-19-11-16(9-15-5-4-6-15)20(12-19)22(32)31-8-7-21-17(14-31)10-18(13-29-21)25(26,27)28/h10,13,15-16,19-20H,4-9,11-12,14H2,1-3H3,(H,30,33)/t16?,19-,20-/m1/s1. The molecule has 1 aromatic rings. The maximum atomic E-state index is 13.6. The maximum Gasteiger partial charge on any atom is 0.417 e. The van der Waals surface area contributed by atoms with Gasteiger partial charge >= 0.3 is 12.3 Å². The topological polar surface area (TPSA) is 71.5 Å². The molecule has 0 saturated heterocycles. The molecule has 2 saturated carbocycles. The van der Waals surface area contributed by atoms with Crippen LogP contribution in [0.25, 0.3) is 0 Å². The van der Waals surface area contributed by atoms with Crippen LogP contribution in [0.2, 0.25) is 0 Å². The lowest BCUT2D eigenvalue weighted by molar-refractivity contribution is -0.138. The SMILES string of the molecule is CC(C)(C)OC(=O)N[C@@H]1CC(CC2CCC2)[C@H](C(=O)N2CCc3ncc(C(F)(F)F)cc3C2)C1. The van der Waals surface area contributed by atoms with E-state index in [2.05, 4.69) is 10.3 Å². The second kappa shape index (κ2) is 9.38. The van der Waals surface area contributed by atoms with Gasteiger partial charge in [-0.05, 0) is 63.5 Å². The maximum absolute atomic E-state index is 13.6. The van der Waals surface area contributed by atoms with Crippen LogP contribution in [-0.4, -0.2) is 40.1 Å². The summed E-state index contributed by atoms with van der Waals surface area (Å²) in [4.78, 5) is 31.6. The van der Waals surface area contributed by atoms with E-state index in [0.717, 1.165) is 25.1 Å². The first-order valence-corrected chi connectivity index (χ1v) is 12.2. The van der Waals surface area contributed by atoms with Crippen molar-refractivity contribution in [1.82, 2.24) is 15.2 Å². The number of carbonyl (C=O) groups excluding carboxylic acids is 2. The Balaban J connectivity index is 1.46. The fourth-order valence-corrected chi connectivity index (χ4v) is 5.44. The van der Waals surface area contributed by atoms with E-state index < -0.39 is 23.4 Å². The third-order valence-electron chi connectivity index (χ3n) is 7.27. The number of amides is 2. The molecule has 4 rings (SSSR count). The van der Waals surface area contributed by atoms with E-state index in [4.69, 9.17) is 4.74 Å². The molecule has 2 aliphatic carbocycles. The Hall–Kier alpha value is -2.32. The molecular weight excluding hydrogens is 447 g/mol. The van der Waals surface area contributed by atoms with E-state index in [1.54, 1.807) is 25.7 Å². The summed E-state index contributed by atoms with van der Waals surface area (Å²) >= 11 is 0. The van der Waals surface area contributed by atoms with Crippen LogP contribution in [0.3, 0.4) is 0 Å². The lowest BCUT2D eigenvalue weighted by atomic mass is 9.76. The first-order chi connectivity index (χ1) is 15.9. The summed E-state index contributed by atoms with van der Waals surface area (Å²) in [6.07, 6.45) is 2.12. The van der Waals surface area contributed by atoms with Gasteiger partial charge < -0.3 is 15.0 Å². The molecule has 3 aliphatic rings. The summed E-state index contributed by atoms with van der Waals surface area (Å²) in [7, 11) is 0. The van der Waals surface area contributed by atoms with Crippen molar-refractivity contribution < 1.29 is 27.5 Å². The number of fused-ring (bicyclic) bond motifs is 1. The van der Waals surface area contributed by atoms with Gasteiger partial charge in [-0.25, -0.2) is 4.79 Å². The Bertz CT molecular complexity index is 924. The Morgan fingerprint density at radius 2 is 1.94 bits per heavy atom. The Kier molecular flexibility index (Phi) is 6.84. The van der Waals surface area contributed by atoms with Crippen molar-refractivity contribution in [2.45, 2.75) is 90.1 Å². The molecule has 2 amide bonds. The zero-order chi connectivity index (χ0) is 24.7. The van der Waals surface area contributed by atoms with Gasteiger partial charge in [0.05, 0.1) is 5.56 Å². The highest BCUT2D eigenvalue weighted by atomic mass is 19.4. The molecule has 0 aromatic carbocycles. The van der Waals surface area contributed by atoms with Crippen LogP contribution in [0.4, 0.5) is 18.0 Å². The second-order valence-electron chi connectivity index (χ2n) is 11.1. The number of nitrogens with one attached hydrogen (secondary N) is 1. The van der Waals surface area contributed by atoms with E-state index in [9.17, 15) is 22.8 Å². The van der Waals surface area contributed by atoms with Gasteiger partial charge in [0.1, 0.15) is 5.60 Å². The van der Waals surface area contributed by atoms with Gasteiger partial charge in [0.2, 0.25) is 5.91 Å². The summed E-state index contributed by atoms with van der Waals surface area (Å²) in [5.74, 6) is 0.488. The van der Waals surface area contributed by atoms with Crippen LogP contribution in [0.5, 0.6) is 0 Å². The molecule has 1 aromatic heterocycles. The molecule has 1 N–H and O–H groups in total. The summed E-state index contributed by atoms with van der Waals surface area (Å²) in [5, 5.41) is 2.94. The summed E-state index contributed by atoms with van der Waals surface area (Å²) in [6, 6.07) is 0.972. The molecule has 0 spiro atoms. The smallest absolute Gasteiger partial charge is 0.417 e. The van der Waals surface area contributed by atoms with Gasteiger partial charge in [-0.15, -0.1) is 0 Å². The predicted octanol–water partition coefficient (Wildman–Crippen LogP) is 5.09. The number of carbonyl (C=O) groups is 2. The van der Waals surface area contributed by atoms with Crippen LogP contribution in [0, 0.1) is 17.8 Å². The molecule has 0 radical (unpaired) electrons. The summed E-state index contributed by atoms with van der Waals surface area (Å²) in [5.41, 5.74) is -0.301. The average molecular weight is 482 g/mol. The monoisotopic (exact) mass is 481 g/mol. The van der Waals surface area contributed by atoms with Gasteiger partial charge in [0.25, 0.3) is 0 Å². The van der Waals surface area contributed by atoms with E-state index in [0.29, 0.717) is 36.6 Å². The quantitative estimate of drug-likeness (QED) is 0.650. The highest BCUT2D eigenvalue weighted by Crippen LogP contribution is 2.43. The average Bonchev–Trinajstić information content (AvgIpc) is 3.09. The number of ether oxygens (including phenoxy) is 1. The highest BCUT2D eigenvalue weighted by Gasteiger charge is 2.43. The fourth-order valence-electron chi connectivity index (χ4n) is 5.44. The minimum Gasteiger partial charge on any atom is -0.444 e. The van der Waals surface area contributed by atoms with E-state index in [1.807, 2.05) is 0 Å². The van der Waals surface area contributed by atoms with E-state index in [1.165, 1.54) is 19.3 Å². The van der Waals surface area contributed by atoms with Gasteiger partial charge in [0.15, 0.2) is 0 Å². The van der Waals surface area contributed by atoms with Gasteiger partial charge in [-0.2, -0.15) is 13.2 Å². The normalized spacial score (nSPS) is 25.5. The van der Waals surface area contributed by atoms with Crippen LogP contribution in [-0.2, 0) is 28.7 Å². The number of alkyl carbamates (subject to hydrolysis) is 1. The zero-order valence-electron chi connectivity index (χ0n) is 20.1. The van der Waals surface area contributed by atoms with E-state index in [-0.39, 0.29) is 30.3 Å². The number of alkyl halides is 3. The number of halogens is 3. The molecule has 2 fully saturated rings. The first-order valence-electron chi connectivity index (χ1n) is 12.2. The largest absolute Gasteiger partial charge is 0.444 e. The summed E-state index contributed by atoms with van der Waals surface area (Å²) < 4.78 is 44.9. The van der Waals surface area contributed by atoms with Gasteiger partial charge in [-0.3, -0.25) is 9.78 Å². The Labute approximate surface area is 198 Å². The minimum atomic E-state index is -4.46. The number of aromatic nitrogens is 1.